The van der Waals surface area contributed by atoms with Gasteiger partial charge < -0.3 is 10.1 Å². The second kappa shape index (κ2) is 15.7. The molecule has 1 aliphatic carbocycles. The Morgan fingerprint density at radius 2 is 1.49 bits per heavy atom. The summed E-state index contributed by atoms with van der Waals surface area (Å²) in [7, 11) is 0. The summed E-state index contributed by atoms with van der Waals surface area (Å²) >= 11 is 0. The van der Waals surface area contributed by atoms with Crippen LogP contribution in [0.15, 0.2) is 84.9 Å². The number of nitrogens with zero attached hydrogens (tertiary/aromatic N) is 3. The van der Waals surface area contributed by atoms with Crippen molar-refractivity contribution in [2.45, 2.75) is 64.5 Å². The van der Waals surface area contributed by atoms with E-state index in [9.17, 15) is 9.59 Å². The number of carbonyl (C=O) groups is 2. The lowest BCUT2D eigenvalue weighted by Gasteiger charge is -2.36. The first kappa shape index (κ1) is 32.9. The number of carbonyl (C=O) groups excluding carboxylic acids is 2. The number of ether oxygens (including phenoxy) is 1. The molecule has 0 bridgehead atoms. The van der Waals surface area contributed by atoms with Gasteiger partial charge in [0.05, 0.1) is 29.3 Å². The number of para-hydroxylation sites is 1. The van der Waals surface area contributed by atoms with Crippen LogP contribution in [0.1, 0.15) is 73.4 Å². The fraction of sp³-hybridized carbons (Fsp3) is 0.425. The number of amides is 1. The summed E-state index contributed by atoms with van der Waals surface area (Å²) < 4.78 is 5.47. The lowest BCUT2D eigenvalue weighted by Crippen LogP contribution is -2.48. The molecule has 2 heterocycles. The predicted molar refractivity (Wildman–Crippen MR) is 188 cm³/mol. The normalized spacial score (nSPS) is 17.7. The maximum atomic E-state index is 14.4. The van der Waals surface area contributed by atoms with Gasteiger partial charge in [-0.25, -0.2) is 4.98 Å². The lowest BCUT2D eigenvalue weighted by atomic mass is 9.84. The van der Waals surface area contributed by atoms with Crippen molar-refractivity contribution in [3.63, 3.8) is 0 Å². The van der Waals surface area contributed by atoms with Crippen LogP contribution in [0.25, 0.3) is 22.2 Å². The molecule has 1 aliphatic heterocycles. The Labute approximate surface area is 279 Å². The van der Waals surface area contributed by atoms with E-state index in [1.165, 1.54) is 32.1 Å². The molecule has 4 aromatic rings. The zero-order valence-corrected chi connectivity index (χ0v) is 27.9. The van der Waals surface area contributed by atoms with Gasteiger partial charge in [-0.2, -0.15) is 0 Å². The van der Waals surface area contributed by atoms with E-state index in [1.807, 2.05) is 79.7 Å². The van der Waals surface area contributed by atoms with Crippen molar-refractivity contribution in [1.82, 2.24) is 20.1 Å². The summed E-state index contributed by atoms with van der Waals surface area (Å²) in [6.45, 7) is 8.94. The van der Waals surface area contributed by atoms with Crippen molar-refractivity contribution >= 4 is 22.8 Å². The number of fused-ring (bicyclic) bond motifs is 1. The SMILES string of the molecule is CCOC(=O)C(CN1CCN(Cc2c(-c3ccccc3)nc3ccccc3c2C(=O)N[C@@H](C)C2CCCCC2)CC1)c1ccccc1. The van der Waals surface area contributed by atoms with Crippen molar-refractivity contribution < 1.29 is 14.3 Å². The number of aromatic nitrogens is 1. The third kappa shape index (κ3) is 7.91. The van der Waals surface area contributed by atoms with Crippen LogP contribution >= 0.6 is 0 Å². The third-order valence-corrected chi connectivity index (χ3v) is 10.0. The van der Waals surface area contributed by atoms with Gasteiger partial charge in [0.2, 0.25) is 0 Å². The van der Waals surface area contributed by atoms with Gasteiger partial charge in [0.25, 0.3) is 5.91 Å². The summed E-state index contributed by atoms with van der Waals surface area (Å²) in [5.74, 6) is 0.0142. The Bertz CT molecular complexity index is 1630. The van der Waals surface area contributed by atoms with Gasteiger partial charge in [-0.15, -0.1) is 0 Å². The molecule has 1 N–H and O–H groups in total. The fourth-order valence-electron chi connectivity index (χ4n) is 7.39. The third-order valence-electron chi connectivity index (χ3n) is 10.0. The minimum absolute atomic E-state index is 0.00682. The molecule has 1 unspecified atom stereocenters. The Kier molecular flexibility index (Phi) is 11.0. The molecule has 3 aromatic carbocycles. The van der Waals surface area contributed by atoms with Gasteiger partial charge in [0.15, 0.2) is 0 Å². The topological polar surface area (TPSA) is 74.8 Å². The molecule has 0 radical (unpaired) electrons. The molecule has 1 saturated carbocycles. The molecule has 1 aromatic heterocycles. The quantitative estimate of drug-likeness (QED) is 0.179. The van der Waals surface area contributed by atoms with Gasteiger partial charge in [-0.05, 0) is 44.2 Å². The van der Waals surface area contributed by atoms with Gasteiger partial charge >= 0.3 is 5.97 Å². The summed E-state index contributed by atoms with van der Waals surface area (Å²) in [4.78, 5) is 37.3. The molecule has 7 heteroatoms. The first-order chi connectivity index (χ1) is 23.0. The largest absolute Gasteiger partial charge is 0.465 e. The van der Waals surface area contributed by atoms with Crippen molar-refractivity contribution in [2.24, 2.45) is 5.92 Å². The molecular weight excluding hydrogens is 584 g/mol. The van der Waals surface area contributed by atoms with E-state index < -0.39 is 0 Å². The fourth-order valence-corrected chi connectivity index (χ4v) is 7.39. The summed E-state index contributed by atoms with van der Waals surface area (Å²) in [6, 6.07) is 28.4. The smallest absolute Gasteiger partial charge is 0.314 e. The van der Waals surface area contributed by atoms with Gasteiger partial charge in [-0.3, -0.25) is 19.4 Å². The Hall–Kier alpha value is -4.07. The first-order valence-electron chi connectivity index (χ1n) is 17.5. The van der Waals surface area contributed by atoms with Gasteiger partial charge in [0, 0.05) is 61.8 Å². The highest BCUT2D eigenvalue weighted by molar-refractivity contribution is 6.09. The summed E-state index contributed by atoms with van der Waals surface area (Å²) in [5.41, 5.74) is 5.42. The number of piperazine rings is 1. The van der Waals surface area contributed by atoms with Crippen LogP contribution in [0.3, 0.4) is 0 Å². The second-order valence-corrected chi connectivity index (χ2v) is 13.1. The van der Waals surface area contributed by atoms with Crippen molar-refractivity contribution in [3.8, 4) is 11.3 Å². The average molecular weight is 633 g/mol. The molecule has 2 aliphatic rings. The van der Waals surface area contributed by atoms with E-state index in [1.54, 1.807) is 0 Å². The Morgan fingerprint density at radius 3 is 2.19 bits per heavy atom. The predicted octanol–water partition coefficient (Wildman–Crippen LogP) is 7.06. The molecule has 7 nitrogen and oxygen atoms in total. The van der Waals surface area contributed by atoms with Crippen LogP contribution in [0.5, 0.6) is 0 Å². The van der Waals surface area contributed by atoms with Crippen molar-refractivity contribution in [2.75, 3.05) is 39.3 Å². The van der Waals surface area contributed by atoms with E-state index in [0.717, 1.165) is 65.0 Å². The molecule has 6 rings (SSSR count). The maximum Gasteiger partial charge on any atom is 0.314 e. The second-order valence-electron chi connectivity index (χ2n) is 13.1. The number of hydrogen-bond acceptors (Lipinski definition) is 6. The molecular formula is C40H48N4O3. The number of esters is 1. The number of rotatable bonds is 11. The van der Waals surface area contributed by atoms with Crippen molar-refractivity contribution in [3.05, 3.63) is 102 Å². The number of pyridine rings is 1. The molecule has 1 amide bonds. The molecule has 1 saturated heterocycles. The number of hydrogen-bond donors (Lipinski definition) is 1. The van der Waals surface area contributed by atoms with E-state index in [4.69, 9.17) is 9.72 Å². The maximum absolute atomic E-state index is 14.4. The molecule has 47 heavy (non-hydrogen) atoms. The summed E-state index contributed by atoms with van der Waals surface area (Å²) in [5, 5.41) is 4.34. The molecule has 2 fully saturated rings. The number of benzene rings is 3. The van der Waals surface area contributed by atoms with E-state index in [0.29, 0.717) is 25.6 Å². The van der Waals surface area contributed by atoms with Gasteiger partial charge in [0.1, 0.15) is 0 Å². The first-order valence-corrected chi connectivity index (χ1v) is 17.5. The zero-order chi connectivity index (χ0) is 32.6. The zero-order valence-electron chi connectivity index (χ0n) is 27.9. The Balaban J connectivity index is 1.27. The highest BCUT2D eigenvalue weighted by Crippen LogP contribution is 2.33. The standard InChI is InChI=1S/C40H48N4O3/c1-3-47-40(46)34(31-17-9-5-10-18-31)27-43-23-25-44(26-24-43)28-35-37(39(45)41-29(2)30-15-7-4-8-16-30)33-21-13-14-22-36(33)42-38(35)32-19-11-6-12-20-32/h5-6,9-14,17-22,29-30,34H,3-4,7-8,15-16,23-28H2,1-2H3,(H,41,45)/t29-,34?/m0/s1. The molecule has 0 spiro atoms. The van der Waals surface area contributed by atoms with Gasteiger partial charge in [-0.1, -0.05) is 98.1 Å². The minimum Gasteiger partial charge on any atom is -0.465 e. The lowest BCUT2D eigenvalue weighted by molar-refractivity contribution is -0.145. The van der Waals surface area contributed by atoms with Crippen LogP contribution in [-0.4, -0.2) is 72.0 Å². The van der Waals surface area contributed by atoms with Crippen molar-refractivity contribution in [1.29, 1.82) is 0 Å². The average Bonchev–Trinajstić information content (AvgIpc) is 3.12. The van der Waals surface area contributed by atoms with E-state index >= 15 is 0 Å². The van der Waals surface area contributed by atoms with Crippen LogP contribution in [-0.2, 0) is 16.1 Å². The van der Waals surface area contributed by atoms with Crippen LogP contribution in [0.2, 0.25) is 0 Å². The molecule has 2 atom stereocenters. The Morgan fingerprint density at radius 1 is 0.851 bits per heavy atom. The highest BCUT2D eigenvalue weighted by Gasteiger charge is 2.30. The van der Waals surface area contributed by atoms with E-state index in [-0.39, 0.29) is 23.8 Å². The molecule has 246 valence electrons. The van der Waals surface area contributed by atoms with Crippen LogP contribution < -0.4 is 5.32 Å². The highest BCUT2D eigenvalue weighted by atomic mass is 16.5. The summed E-state index contributed by atoms with van der Waals surface area (Å²) in [6.07, 6.45) is 6.12. The van der Waals surface area contributed by atoms with E-state index in [2.05, 4.69) is 34.2 Å². The monoisotopic (exact) mass is 632 g/mol. The number of nitrogens with one attached hydrogen (secondary N) is 1. The minimum atomic E-state index is -0.321. The van der Waals surface area contributed by atoms with Crippen LogP contribution in [0, 0.1) is 5.92 Å². The van der Waals surface area contributed by atoms with Crippen LogP contribution in [0.4, 0.5) is 0 Å².